The molecular formula is C17H17NO2S. The van der Waals surface area contributed by atoms with Gasteiger partial charge in [-0.3, -0.25) is 4.79 Å². The molecule has 2 atom stereocenters. The minimum Gasteiger partial charge on any atom is -0.465 e. The summed E-state index contributed by atoms with van der Waals surface area (Å²) < 4.78 is 5.10. The van der Waals surface area contributed by atoms with Crippen LogP contribution in [0.2, 0.25) is 0 Å². The quantitative estimate of drug-likeness (QED) is 0.790. The van der Waals surface area contributed by atoms with Gasteiger partial charge in [-0.1, -0.05) is 36.4 Å². The summed E-state index contributed by atoms with van der Waals surface area (Å²) in [6, 6.07) is 15.7. The summed E-state index contributed by atoms with van der Waals surface area (Å²) in [6.45, 7) is 3.95. The first-order chi connectivity index (χ1) is 10.1. The van der Waals surface area contributed by atoms with Crippen LogP contribution in [-0.2, 0) is 14.9 Å². The van der Waals surface area contributed by atoms with E-state index >= 15 is 0 Å². The number of esters is 1. The van der Waals surface area contributed by atoms with Crippen molar-refractivity contribution in [3.63, 3.8) is 0 Å². The van der Waals surface area contributed by atoms with Crippen LogP contribution in [0, 0.1) is 17.2 Å². The van der Waals surface area contributed by atoms with Crippen LogP contribution in [0.15, 0.2) is 47.8 Å². The fraction of sp³-hybridized carbons (Fsp3) is 0.294. The van der Waals surface area contributed by atoms with E-state index < -0.39 is 17.3 Å². The molecule has 0 bridgehead atoms. The normalized spacial score (nSPS) is 14.7. The molecule has 1 heterocycles. The molecule has 108 valence electrons. The highest BCUT2D eigenvalue weighted by molar-refractivity contribution is 7.10. The lowest BCUT2D eigenvalue weighted by Crippen LogP contribution is -2.38. The lowest BCUT2D eigenvalue weighted by atomic mass is 9.71. The van der Waals surface area contributed by atoms with E-state index in [1.807, 2.05) is 54.8 Å². The molecule has 0 radical (unpaired) electrons. The molecule has 0 amide bonds. The summed E-state index contributed by atoms with van der Waals surface area (Å²) in [7, 11) is 0. The van der Waals surface area contributed by atoms with Gasteiger partial charge in [-0.15, -0.1) is 11.3 Å². The van der Waals surface area contributed by atoms with Crippen molar-refractivity contribution in [3.8, 4) is 6.07 Å². The van der Waals surface area contributed by atoms with Crippen molar-refractivity contribution in [2.24, 2.45) is 5.92 Å². The van der Waals surface area contributed by atoms with Gasteiger partial charge < -0.3 is 4.74 Å². The number of benzene rings is 1. The van der Waals surface area contributed by atoms with E-state index in [9.17, 15) is 10.1 Å². The van der Waals surface area contributed by atoms with Gasteiger partial charge in [-0.2, -0.15) is 5.26 Å². The third kappa shape index (κ3) is 2.84. The molecule has 0 aliphatic carbocycles. The van der Waals surface area contributed by atoms with Crippen LogP contribution in [0.3, 0.4) is 0 Å². The number of hydrogen-bond donors (Lipinski definition) is 0. The van der Waals surface area contributed by atoms with Crippen molar-refractivity contribution in [3.05, 3.63) is 58.3 Å². The van der Waals surface area contributed by atoms with Crippen molar-refractivity contribution in [1.29, 1.82) is 5.26 Å². The van der Waals surface area contributed by atoms with Gasteiger partial charge in [0.1, 0.15) is 0 Å². The SMILES string of the molecule is CCOC(=O)[C@@H](C#N)[C@@](C)(c1ccccc1)c1cccs1. The molecule has 2 aromatic rings. The predicted octanol–water partition coefficient (Wildman–Crippen LogP) is 3.76. The van der Waals surface area contributed by atoms with Gasteiger partial charge in [0.2, 0.25) is 0 Å². The van der Waals surface area contributed by atoms with Crippen LogP contribution in [0.5, 0.6) is 0 Å². The van der Waals surface area contributed by atoms with E-state index in [0.29, 0.717) is 0 Å². The second kappa shape index (κ2) is 6.55. The third-order valence-electron chi connectivity index (χ3n) is 3.64. The van der Waals surface area contributed by atoms with Crippen LogP contribution in [0.25, 0.3) is 0 Å². The fourth-order valence-electron chi connectivity index (χ4n) is 2.45. The van der Waals surface area contributed by atoms with E-state index in [1.54, 1.807) is 18.3 Å². The zero-order valence-corrected chi connectivity index (χ0v) is 12.9. The Morgan fingerprint density at radius 3 is 2.57 bits per heavy atom. The van der Waals surface area contributed by atoms with Gasteiger partial charge in [-0.25, -0.2) is 0 Å². The monoisotopic (exact) mass is 299 g/mol. The molecule has 0 unspecified atom stereocenters. The maximum Gasteiger partial charge on any atom is 0.324 e. The van der Waals surface area contributed by atoms with Gasteiger partial charge in [0.05, 0.1) is 18.1 Å². The molecular weight excluding hydrogens is 282 g/mol. The van der Waals surface area contributed by atoms with Crippen LogP contribution < -0.4 is 0 Å². The maximum atomic E-state index is 12.2. The van der Waals surface area contributed by atoms with Crippen LogP contribution in [-0.4, -0.2) is 12.6 Å². The summed E-state index contributed by atoms with van der Waals surface area (Å²) >= 11 is 1.55. The molecule has 0 aliphatic heterocycles. The van der Waals surface area contributed by atoms with Gasteiger partial charge in [0, 0.05) is 4.88 Å². The molecule has 1 aromatic heterocycles. The Hall–Kier alpha value is -2.12. The van der Waals surface area contributed by atoms with Gasteiger partial charge >= 0.3 is 5.97 Å². The minimum absolute atomic E-state index is 0.270. The number of ether oxygens (including phenoxy) is 1. The average molecular weight is 299 g/mol. The first-order valence-corrected chi connectivity index (χ1v) is 7.68. The predicted molar refractivity (Wildman–Crippen MR) is 83.0 cm³/mol. The molecule has 2 rings (SSSR count). The van der Waals surface area contributed by atoms with Crippen molar-refractivity contribution < 1.29 is 9.53 Å². The van der Waals surface area contributed by atoms with E-state index in [0.717, 1.165) is 10.4 Å². The average Bonchev–Trinajstić information content (AvgIpc) is 3.03. The van der Waals surface area contributed by atoms with E-state index in [1.165, 1.54) is 0 Å². The zero-order chi connectivity index (χ0) is 15.3. The van der Waals surface area contributed by atoms with Crippen molar-refractivity contribution >= 4 is 17.3 Å². The number of hydrogen-bond acceptors (Lipinski definition) is 4. The number of thiophene rings is 1. The van der Waals surface area contributed by atoms with E-state index in [-0.39, 0.29) is 6.61 Å². The molecule has 0 saturated heterocycles. The Kier molecular flexibility index (Phi) is 4.77. The third-order valence-corrected chi connectivity index (χ3v) is 4.74. The molecule has 0 fully saturated rings. The summed E-state index contributed by atoms with van der Waals surface area (Å²) in [6.07, 6.45) is 0. The second-order valence-corrected chi connectivity index (χ2v) is 5.81. The molecule has 1 aromatic carbocycles. The number of nitriles is 1. The van der Waals surface area contributed by atoms with Gasteiger partial charge in [-0.05, 0) is 30.9 Å². The summed E-state index contributed by atoms with van der Waals surface area (Å²) in [5, 5.41) is 11.5. The fourth-order valence-corrected chi connectivity index (χ4v) is 3.39. The lowest BCUT2D eigenvalue weighted by Gasteiger charge is -2.32. The smallest absolute Gasteiger partial charge is 0.324 e. The van der Waals surface area contributed by atoms with Gasteiger partial charge in [0.15, 0.2) is 5.92 Å². The molecule has 4 heteroatoms. The zero-order valence-electron chi connectivity index (χ0n) is 12.1. The molecule has 0 N–H and O–H groups in total. The summed E-state index contributed by atoms with van der Waals surface area (Å²) in [5.41, 5.74) is 0.225. The van der Waals surface area contributed by atoms with E-state index in [4.69, 9.17) is 4.74 Å². The molecule has 21 heavy (non-hydrogen) atoms. The highest BCUT2D eigenvalue weighted by atomic mass is 32.1. The Morgan fingerprint density at radius 2 is 2.05 bits per heavy atom. The minimum atomic E-state index is -0.876. The van der Waals surface area contributed by atoms with Crippen molar-refractivity contribution in [2.45, 2.75) is 19.3 Å². The van der Waals surface area contributed by atoms with Crippen LogP contribution in [0.1, 0.15) is 24.3 Å². The topological polar surface area (TPSA) is 50.1 Å². The molecule has 0 spiro atoms. The highest BCUT2D eigenvalue weighted by Gasteiger charge is 2.44. The Bertz CT molecular complexity index is 631. The standard InChI is InChI=1S/C17H17NO2S/c1-3-20-16(19)14(12-18)17(2,15-10-7-11-21-15)13-8-5-4-6-9-13/h4-11,14H,3H2,1-2H3/t14-,17-/m1/s1. The first kappa shape index (κ1) is 15.3. The molecule has 0 saturated carbocycles. The largest absolute Gasteiger partial charge is 0.465 e. The summed E-state index contributed by atoms with van der Waals surface area (Å²) in [5.74, 6) is -1.35. The molecule has 0 aliphatic rings. The maximum absolute atomic E-state index is 12.2. The van der Waals surface area contributed by atoms with Crippen molar-refractivity contribution in [2.75, 3.05) is 6.61 Å². The van der Waals surface area contributed by atoms with Crippen molar-refractivity contribution in [1.82, 2.24) is 0 Å². The Balaban J connectivity index is 2.57. The second-order valence-electron chi connectivity index (χ2n) is 4.86. The van der Waals surface area contributed by atoms with E-state index in [2.05, 4.69) is 6.07 Å². The van der Waals surface area contributed by atoms with Gasteiger partial charge in [0.25, 0.3) is 0 Å². The number of nitrogens with zero attached hydrogens (tertiary/aromatic N) is 1. The van der Waals surface area contributed by atoms with Crippen LogP contribution >= 0.6 is 11.3 Å². The number of rotatable bonds is 5. The Labute approximate surface area is 128 Å². The van der Waals surface area contributed by atoms with Crippen LogP contribution in [0.4, 0.5) is 0 Å². The highest BCUT2D eigenvalue weighted by Crippen LogP contribution is 2.41. The number of carbonyl (C=O) groups is 1. The summed E-state index contributed by atoms with van der Waals surface area (Å²) in [4.78, 5) is 13.2. The first-order valence-electron chi connectivity index (χ1n) is 6.80. The molecule has 3 nitrogen and oxygen atoms in total. The Morgan fingerprint density at radius 1 is 1.33 bits per heavy atom. The number of carbonyl (C=O) groups excluding carboxylic acids is 1. The lowest BCUT2D eigenvalue weighted by molar-refractivity contribution is -0.147.